The highest BCUT2D eigenvalue weighted by molar-refractivity contribution is 5.99. The molecule has 1 aliphatic heterocycles. The molecule has 2 aromatic rings. The van der Waals surface area contributed by atoms with Crippen LogP contribution in [0.1, 0.15) is 23.2 Å². The normalized spacial score (nSPS) is 16.7. The van der Waals surface area contributed by atoms with Crippen LogP contribution in [0.3, 0.4) is 0 Å². The van der Waals surface area contributed by atoms with E-state index in [1.165, 1.54) is 12.1 Å². The number of rotatable bonds is 6. The van der Waals surface area contributed by atoms with Crippen molar-refractivity contribution in [3.63, 3.8) is 0 Å². The molecule has 0 saturated carbocycles. The molecule has 1 saturated heterocycles. The van der Waals surface area contributed by atoms with Gasteiger partial charge in [-0.2, -0.15) is 0 Å². The number of nitrogens with zero attached hydrogens (tertiary/aromatic N) is 1. The van der Waals surface area contributed by atoms with Crippen molar-refractivity contribution in [2.75, 3.05) is 33.9 Å². The number of hydrogen-bond donors (Lipinski definition) is 0. The average molecular weight is 373 g/mol. The van der Waals surface area contributed by atoms with Crippen molar-refractivity contribution >= 4 is 5.91 Å². The molecule has 1 aliphatic rings. The molecule has 1 heterocycles. The van der Waals surface area contributed by atoms with Crippen LogP contribution in [0.5, 0.6) is 17.2 Å². The summed E-state index contributed by atoms with van der Waals surface area (Å²) in [6.45, 7) is 1.77. The summed E-state index contributed by atoms with van der Waals surface area (Å²) in [5, 5.41) is 0. The van der Waals surface area contributed by atoms with Gasteiger partial charge in [0.2, 0.25) is 0 Å². The molecule has 27 heavy (non-hydrogen) atoms. The zero-order chi connectivity index (χ0) is 19.2. The summed E-state index contributed by atoms with van der Waals surface area (Å²) in [6.07, 6.45) is 1.88. The second kappa shape index (κ2) is 8.75. The summed E-state index contributed by atoms with van der Waals surface area (Å²) in [7, 11) is 3.09. The number of hydrogen-bond acceptors (Lipinski definition) is 4. The molecule has 0 radical (unpaired) electrons. The van der Waals surface area contributed by atoms with Gasteiger partial charge in [0.25, 0.3) is 5.91 Å². The molecule has 0 bridgehead atoms. The second-order valence-corrected chi connectivity index (χ2v) is 6.56. The predicted molar refractivity (Wildman–Crippen MR) is 100 cm³/mol. The van der Waals surface area contributed by atoms with Crippen LogP contribution in [0.2, 0.25) is 0 Å². The summed E-state index contributed by atoms with van der Waals surface area (Å²) in [5.74, 6) is 1.46. The Morgan fingerprint density at radius 1 is 1.11 bits per heavy atom. The molecule has 1 unspecified atom stereocenters. The highest BCUT2D eigenvalue weighted by atomic mass is 19.1. The van der Waals surface area contributed by atoms with Crippen molar-refractivity contribution < 1.29 is 23.4 Å². The molecule has 0 aromatic heterocycles. The van der Waals surface area contributed by atoms with Crippen LogP contribution in [0.15, 0.2) is 42.5 Å². The zero-order valence-corrected chi connectivity index (χ0v) is 15.6. The van der Waals surface area contributed by atoms with Crippen LogP contribution < -0.4 is 14.2 Å². The van der Waals surface area contributed by atoms with Gasteiger partial charge in [0, 0.05) is 19.0 Å². The van der Waals surface area contributed by atoms with Crippen molar-refractivity contribution in [3.05, 3.63) is 53.8 Å². The molecule has 144 valence electrons. The zero-order valence-electron chi connectivity index (χ0n) is 15.6. The maximum absolute atomic E-state index is 13.1. The number of amides is 1. The molecule has 1 amide bonds. The van der Waals surface area contributed by atoms with E-state index in [0.717, 1.165) is 12.8 Å². The number of carbonyl (C=O) groups is 1. The van der Waals surface area contributed by atoms with E-state index >= 15 is 0 Å². The van der Waals surface area contributed by atoms with E-state index in [9.17, 15) is 9.18 Å². The first-order valence-corrected chi connectivity index (χ1v) is 9.01. The summed E-state index contributed by atoms with van der Waals surface area (Å²) in [5.41, 5.74) is 0.447. The number of methoxy groups -OCH3 is 2. The minimum atomic E-state index is -0.289. The lowest BCUT2D eigenvalue weighted by Crippen LogP contribution is -2.41. The van der Waals surface area contributed by atoms with Gasteiger partial charge >= 0.3 is 0 Å². The Morgan fingerprint density at radius 3 is 2.41 bits per heavy atom. The monoisotopic (exact) mass is 373 g/mol. The van der Waals surface area contributed by atoms with Crippen molar-refractivity contribution in [1.29, 1.82) is 0 Å². The van der Waals surface area contributed by atoms with Crippen molar-refractivity contribution in [3.8, 4) is 17.2 Å². The van der Waals surface area contributed by atoms with Crippen LogP contribution in [-0.2, 0) is 0 Å². The van der Waals surface area contributed by atoms with Gasteiger partial charge in [-0.3, -0.25) is 4.79 Å². The molecule has 5 nitrogen and oxygen atoms in total. The lowest BCUT2D eigenvalue weighted by atomic mass is 9.98. The number of benzene rings is 2. The van der Waals surface area contributed by atoms with Crippen LogP contribution in [0.25, 0.3) is 0 Å². The topological polar surface area (TPSA) is 48.0 Å². The number of ether oxygens (including phenoxy) is 3. The molecule has 0 N–H and O–H groups in total. The van der Waals surface area contributed by atoms with Gasteiger partial charge in [-0.15, -0.1) is 0 Å². The fourth-order valence-corrected chi connectivity index (χ4v) is 3.35. The fourth-order valence-electron chi connectivity index (χ4n) is 3.35. The second-order valence-electron chi connectivity index (χ2n) is 6.56. The van der Waals surface area contributed by atoms with Gasteiger partial charge in [0.05, 0.1) is 20.8 Å². The number of piperidine rings is 1. The summed E-state index contributed by atoms with van der Waals surface area (Å²) < 4.78 is 29.5. The van der Waals surface area contributed by atoms with E-state index in [1.807, 2.05) is 4.90 Å². The SMILES string of the molecule is COc1cccc(OC)c1C(=O)N1CCCC(COc2ccc(F)cc2)C1. The molecule has 0 aliphatic carbocycles. The molecule has 1 fully saturated rings. The van der Waals surface area contributed by atoms with Crippen LogP contribution in [0.4, 0.5) is 4.39 Å². The van der Waals surface area contributed by atoms with Crippen LogP contribution in [-0.4, -0.2) is 44.7 Å². The van der Waals surface area contributed by atoms with Gasteiger partial charge in [0.1, 0.15) is 28.6 Å². The van der Waals surface area contributed by atoms with Gasteiger partial charge in [-0.1, -0.05) is 6.07 Å². The number of likely N-dealkylation sites (tertiary alicyclic amines) is 1. The molecule has 1 atom stereocenters. The third-order valence-corrected chi connectivity index (χ3v) is 4.75. The lowest BCUT2D eigenvalue weighted by Gasteiger charge is -2.33. The van der Waals surface area contributed by atoms with E-state index < -0.39 is 0 Å². The van der Waals surface area contributed by atoms with Crippen molar-refractivity contribution in [1.82, 2.24) is 4.90 Å². The Balaban J connectivity index is 1.67. The summed E-state index contributed by atoms with van der Waals surface area (Å²) >= 11 is 0. The largest absolute Gasteiger partial charge is 0.496 e. The first-order chi connectivity index (χ1) is 13.1. The maximum Gasteiger partial charge on any atom is 0.261 e. The Hall–Kier alpha value is -2.76. The average Bonchev–Trinajstić information content (AvgIpc) is 2.72. The number of halogens is 1. The molecule has 3 rings (SSSR count). The first kappa shape index (κ1) is 19.0. The van der Waals surface area contributed by atoms with E-state index in [1.54, 1.807) is 44.6 Å². The fraction of sp³-hybridized carbons (Fsp3) is 0.381. The maximum atomic E-state index is 13.1. The quantitative estimate of drug-likeness (QED) is 0.773. The Bertz CT molecular complexity index is 756. The molecular weight excluding hydrogens is 349 g/mol. The third-order valence-electron chi connectivity index (χ3n) is 4.75. The van der Waals surface area contributed by atoms with Gasteiger partial charge < -0.3 is 19.1 Å². The molecule has 2 aromatic carbocycles. The molecular formula is C21H24FNO4. The molecule has 6 heteroatoms. The van der Waals surface area contributed by atoms with Crippen LogP contribution >= 0.6 is 0 Å². The van der Waals surface area contributed by atoms with Crippen molar-refractivity contribution in [2.24, 2.45) is 5.92 Å². The number of carbonyl (C=O) groups excluding carboxylic acids is 1. The minimum absolute atomic E-state index is 0.101. The standard InChI is InChI=1S/C21H24FNO4/c1-25-18-6-3-7-19(26-2)20(18)21(24)23-12-4-5-15(13-23)14-27-17-10-8-16(22)9-11-17/h3,6-11,15H,4-5,12-14H2,1-2H3. The smallest absolute Gasteiger partial charge is 0.261 e. The van der Waals surface area contributed by atoms with Gasteiger partial charge in [-0.25, -0.2) is 4.39 Å². The van der Waals surface area contributed by atoms with Crippen LogP contribution in [0, 0.1) is 11.7 Å². The van der Waals surface area contributed by atoms with Gasteiger partial charge in [0.15, 0.2) is 0 Å². The van der Waals surface area contributed by atoms with Crippen molar-refractivity contribution in [2.45, 2.75) is 12.8 Å². The Labute approximate surface area is 158 Å². The Morgan fingerprint density at radius 2 is 1.78 bits per heavy atom. The highest BCUT2D eigenvalue weighted by Crippen LogP contribution is 2.31. The predicted octanol–water partition coefficient (Wildman–Crippen LogP) is 3.77. The summed E-state index contributed by atoms with van der Waals surface area (Å²) in [4.78, 5) is 14.9. The minimum Gasteiger partial charge on any atom is -0.496 e. The first-order valence-electron chi connectivity index (χ1n) is 9.01. The lowest BCUT2D eigenvalue weighted by molar-refractivity contribution is 0.0626. The summed E-state index contributed by atoms with van der Waals surface area (Å²) in [6, 6.07) is 11.3. The highest BCUT2D eigenvalue weighted by Gasteiger charge is 2.28. The van der Waals surface area contributed by atoms with E-state index in [2.05, 4.69) is 0 Å². The van der Waals surface area contributed by atoms with E-state index in [-0.39, 0.29) is 17.6 Å². The Kier molecular flexibility index (Phi) is 6.16. The van der Waals surface area contributed by atoms with Gasteiger partial charge in [-0.05, 0) is 49.2 Å². The van der Waals surface area contributed by atoms with E-state index in [0.29, 0.717) is 42.5 Å². The van der Waals surface area contributed by atoms with E-state index in [4.69, 9.17) is 14.2 Å². The molecule has 0 spiro atoms. The third kappa shape index (κ3) is 4.51.